The molecule has 0 unspecified atom stereocenters. The summed E-state index contributed by atoms with van der Waals surface area (Å²) in [5, 5.41) is 32.8. The van der Waals surface area contributed by atoms with E-state index in [4.69, 9.17) is 4.74 Å². The molecule has 0 bridgehead atoms. The maximum absolute atomic E-state index is 12.3. The Kier molecular flexibility index (Phi) is 7.00. The summed E-state index contributed by atoms with van der Waals surface area (Å²) in [5.41, 5.74) is 1.01. The van der Waals surface area contributed by atoms with E-state index >= 15 is 0 Å². The number of benzene rings is 2. The van der Waals surface area contributed by atoms with E-state index in [0.717, 1.165) is 0 Å². The molecule has 0 radical (unpaired) electrons. The molecule has 1 aromatic heterocycles. The molecular formula is C19H18N6O6S. The van der Waals surface area contributed by atoms with E-state index in [1.807, 2.05) is 0 Å². The third kappa shape index (κ3) is 5.57. The van der Waals surface area contributed by atoms with Crippen LogP contribution in [0.5, 0.6) is 5.75 Å². The second-order valence-corrected chi connectivity index (χ2v) is 7.53. The molecule has 0 saturated carbocycles. The van der Waals surface area contributed by atoms with Gasteiger partial charge in [0.15, 0.2) is 11.0 Å². The first-order chi connectivity index (χ1) is 15.2. The van der Waals surface area contributed by atoms with Gasteiger partial charge in [-0.15, -0.1) is 10.2 Å². The predicted octanol–water partition coefficient (Wildman–Crippen LogP) is 3.25. The Morgan fingerprint density at radius 3 is 2.38 bits per heavy atom. The lowest BCUT2D eigenvalue weighted by atomic mass is 10.2. The van der Waals surface area contributed by atoms with Crippen molar-refractivity contribution in [2.45, 2.75) is 18.7 Å². The molecule has 0 aliphatic carbocycles. The molecular weight excluding hydrogens is 440 g/mol. The molecule has 32 heavy (non-hydrogen) atoms. The Bertz CT molecular complexity index is 1160. The first kappa shape index (κ1) is 22.7. The van der Waals surface area contributed by atoms with E-state index < -0.39 is 9.85 Å². The van der Waals surface area contributed by atoms with Crippen molar-refractivity contribution in [2.75, 3.05) is 11.1 Å². The molecule has 0 atom stereocenters. The molecule has 0 saturated heterocycles. The largest absolute Gasteiger partial charge is 0.486 e. The number of nitro groups is 2. The summed E-state index contributed by atoms with van der Waals surface area (Å²) in [6, 6.07) is 9.89. The molecule has 0 spiro atoms. The Balaban J connectivity index is 1.53. The summed E-state index contributed by atoms with van der Waals surface area (Å²) in [7, 11) is 1.73. The number of amides is 1. The number of non-ortho nitro benzene ring substituents is 2. The monoisotopic (exact) mass is 458 g/mol. The van der Waals surface area contributed by atoms with Crippen LogP contribution in [0.3, 0.4) is 0 Å². The molecule has 0 fully saturated rings. The van der Waals surface area contributed by atoms with E-state index in [0.29, 0.717) is 28.0 Å². The van der Waals surface area contributed by atoms with Crippen LogP contribution < -0.4 is 10.1 Å². The molecule has 1 amide bonds. The van der Waals surface area contributed by atoms with Gasteiger partial charge in [-0.25, -0.2) is 0 Å². The number of nitrogens with zero attached hydrogens (tertiary/aromatic N) is 5. The van der Waals surface area contributed by atoms with Gasteiger partial charge in [-0.05, 0) is 30.7 Å². The summed E-state index contributed by atoms with van der Waals surface area (Å²) in [6.07, 6.45) is 0. The van der Waals surface area contributed by atoms with Gasteiger partial charge in [0.25, 0.3) is 11.4 Å². The van der Waals surface area contributed by atoms with Crippen molar-refractivity contribution >= 4 is 34.7 Å². The third-order valence-corrected chi connectivity index (χ3v) is 5.39. The van der Waals surface area contributed by atoms with Gasteiger partial charge < -0.3 is 14.6 Å². The lowest BCUT2D eigenvalue weighted by Crippen LogP contribution is -2.15. The summed E-state index contributed by atoms with van der Waals surface area (Å²) in [4.78, 5) is 32.8. The van der Waals surface area contributed by atoms with E-state index in [1.165, 1.54) is 54.2 Å². The van der Waals surface area contributed by atoms with Crippen LogP contribution in [-0.2, 0) is 18.4 Å². The molecule has 0 aliphatic rings. The molecule has 0 aliphatic heterocycles. The summed E-state index contributed by atoms with van der Waals surface area (Å²) >= 11 is 1.17. The number of aromatic nitrogens is 3. The van der Waals surface area contributed by atoms with Gasteiger partial charge in [-0.1, -0.05) is 11.8 Å². The number of thioether (sulfide) groups is 1. The maximum atomic E-state index is 12.3. The number of hydrogen-bond donors (Lipinski definition) is 1. The number of carbonyl (C=O) groups is 1. The molecule has 12 nitrogen and oxygen atoms in total. The number of nitrogens with one attached hydrogen (secondary N) is 1. The molecule has 13 heteroatoms. The zero-order valence-corrected chi connectivity index (χ0v) is 17.9. The normalized spacial score (nSPS) is 10.6. The molecule has 1 heterocycles. The minimum atomic E-state index is -0.495. The number of anilines is 1. The first-order valence-corrected chi connectivity index (χ1v) is 10.2. The fourth-order valence-electron chi connectivity index (χ4n) is 2.63. The number of carbonyl (C=O) groups excluding carboxylic acids is 1. The van der Waals surface area contributed by atoms with Crippen molar-refractivity contribution in [1.82, 2.24) is 14.8 Å². The Labute approximate surface area is 185 Å². The van der Waals surface area contributed by atoms with Crippen molar-refractivity contribution in [3.05, 3.63) is 74.1 Å². The van der Waals surface area contributed by atoms with Gasteiger partial charge in [-0.3, -0.25) is 25.0 Å². The fraction of sp³-hybridized carbons (Fsp3) is 0.211. The van der Waals surface area contributed by atoms with Gasteiger partial charge in [0.1, 0.15) is 12.4 Å². The fourth-order valence-corrected chi connectivity index (χ4v) is 3.36. The number of aryl methyl sites for hydroxylation is 1. The Morgan fingerprint density at radius 1 is 1.09 bits per heavy atom. The van der Waals surface area contributed by atoms with E-state index in [1.54, 1.807) is 18.5 Å². The smallest absolute Gasteiger partial charge is 0.269 e. The lowest BCUT2D eigenvalue weighted by Gasteiger charge is -2.08. The van der Waals surface area contributed by atoms with Gasteiger partial charge in [0.2, 0.25) is 5.91 Å². The maximum Gasteiger partial charge on any atom is 0.269 e. The van der Waals surface area contributed by atoms with Gasteiger partial charge in [0, 0.05) is 37.0 Å². The van der Waals surface area contributed by atoms with Crippen LogP contribution >= 0.6 is 11.8 Å². The lowest BCUT2D eigenvalue weighted by molar-refractivity contribution is -0.385. The van der Waals surface area contributed by atoms with Crippen LogP contribution in [0.4, 0.5) is 17.1 Å². The van der Waals surface area contributed by atoms with Gasteiger partial charge in [-0.2, -0.15) is 0 Å². The van der Waals surface area contributed by atoms with Crippen LogP contribution in [0.15, 0.2) is 47.6 Å². The van der Waals surface area contributed by atoms with E-state index in [2.05, 4.69) is 15.5 Å². The van der Waals surface area contributed by atoms with Crippen LogP contribution in [0.25, 0.3) is 0 Å². The minimum absolute atomic E-state index is 0.0307. The van der Waals surface area contributed by atoms with Crippen molar-refractivity contribution in [3.63, 3.8) is 0 Å². The number of rotatable bonds is 9. The SMILES string of the molecule is Cc1cc([N+](=O)[O-])ccc1NC(=O)CSc1nnc(COc2ccc([N+](=O)[O-])cc2)n1C. The van der Waals surface area contributed by atoms with Crippen LogP contribution in [0.2, 0.25) is 0 Å². The predicted molar refractivity (Wildman–Crippen MR) is 116 cm³/mol. The quantitative estimate of drug-likeness (QED) is 0.289. The highest BCUT2D eigenvalue weighted by Crippen LogP contribution is 2.23. The summed E-state index contributed by atoms with van der Waals surface area (Å²) < 4.78 is 7.26. The second-order valence-electron chi connectivity index (χ2n) is 6.59. The summed E-state index contributed by atoms with van der Waals surface area (Å²) in [6.45, 7) is 1.77. The topological polar surface area (TPSA) is 155 Å². The van der Waals surface area contributed by atoms with Crippen LogP contribution in [0, 0.1) is 27.2 Å². The van der Waals surface area contributed by atoms with E-state index in [-0.39, 0.29) is 29.6 Å². The van der Waals surface area contributed by atoms with Crippen molar-refractivity contribution in [2.24, 2.45) is 7.05 Å². The molecule has 3 aromatic rings. The van der Waals surface area contributed by atoms with Crippen LogP contribution in [0.1, 0.15) is 11.4 Å². The van der Waals surface area contributed by atoms with Crippen molar-refractivity contribution in [1.29, 1.82) is 0 Å². The van der Waals surface area contributed by atoms with Crippen LogP contribution in [-0.4, -0.2) is 36.3 Å². The third-order valence-electron chi connectivity index (χ3n) is 4.37. The molecule has 1 N–H and O–H groups in total. The van der Waals surface area contributed by atoms with Crippen molar-refractivity contribution in [3.8, 4) is 5.75 Å². The molecule has 2 aromatic carbocycles. The minimum Gasteiger partial charge on any atom is -0.486 e. The highest BCUT2D eigenvalue weighted by molar-refractivity contribution is 7.99. The average molecular weight is 458 g/mol. The highest BCUT2D eigenvalue weighted by atomic mass is 32.2. The Hall–Kier alpha value is -4.00. The summed E-state index contributed by atoms with van der Waals surface area (Å²) in [5.74, 6) is 0.729. The average Bonchev–Trinajstić information content (AvgIpc) is 3.11. The molecule has 166 valence electrons. The molecule has 3 rings (SSSR count). The zero-order valence-electron chi connectivity index (χ0n) is 17.0. The highest BCUT2D eigenvalue weighted by Gasteiger charge is 2.14. The van der Waals surface area contributed by atoms with Gasteiger partial charge >= 0.3 is 0 Å². The number of hydrogen-bond acceptors (Lipinski definition) is 9. The second kappa shape index (κ2) is 9.87. The number of nitro benzene ring substituents is 2. The van der Waals surface area contributed by atoms with Gasteiger partial charge in [0.05, 0.1) is 15.6 Å². The van der Waals surface area contributed by atoms with Crippen molar-refractivity contribution < 1.29 is 19.4 Å². The standard InChI is InChI=1S/C19H18N6O6S/c1-12-9-14(25(29)30)5-8-16(12)20-18(26)11-32-19-22-21-17(23(19)2)10-31-15-6-3-13(4-7-15)24(27)28/h3-9H,10-11H2,1-2H3,(H,20,26). The first-order valence-electron chi connectivity index (χ1n) is 9.18. The number of ether oxygens (including phenoxy) is 1. The zero-order chi connectivity index (χ0) is 23.3. The van der Waals surface area contributed by atoms with E-state index in [9.17, 15) is 25.0 Å². The Morgan fingerprint density at radius 2 is 1.75 bits per heavy atom.